The first-order valence-electron chi connectivity index (χ1n) is 17.9. The molecule has 0 bridgehead atoms. The number of ether oxygens (including phenoxy) is 2. The number of nitrogens with zero attached hydrogens (tertiary/aromatic N) is 4. The maximum absolute atomic E-state index is 16.9. The van der Waals surface area contributed by atoms with Crippen molar-refractivity contribution in [1.82, 2.24) is 15.0 Å². The van der Waals surface area contributed by atoms with Crippen molar-refractivity contribution < 1.29 is 38.2 Å². The van der Waals surface area contributed by atoms with E-state index in [1.165, 1.54) is 0 Å². The van der Waals surface area contributed by atoms with Crippen LogP contribution in [0.25, 0.3) is 0 Å². The molecule has 53 heavy (non-hydrogen) atoms. The fourth-order valence-corrected chi connectivity index (χ4v) is 8.69. The van der Waals surface area contributed by atoms with Gasteiger partial charge in [-0.15, -0.1) is 0 Å². The highest BCUT2D eigenvalue weighted by molar-refractivity contribution is 6.16. The van der Waals surface area contributed by atoms with Crippen LogP contribution in [0, 0.1) is 29.0 Å². The molecule has 12 heteroatoms. The highest BCUT2D eigenvalue weighted by Gasteiger charge is 2.64. The number of aliphatic hydroxyl groups is 2. The molecule has 4 atom stereocenters. The lowest BCUT2D eigenvalue weighted by Crippen LogP contribution is -2.59. The normalized spacial score (nSPS) is 23.7. The Kier molecular flexibility index (Phi) is 8.89. The Morgan fingerprint density at radius 2 is 1.66 bits per heavy atom. The molecular formula is C41H39FN4O7. The second-order valence-electron chi connectivity index (χ2n) is 14.6. The van der Waals surface area contributed by atoms with Crippen LogP contribution < -0.4 is 9.47 Å². The van der Waals surface area contributed by atoms with E-state index in [2.05, 4.69) is 16.1 Å². The van der Waals surface area contributed by atoms with Gasteiger partial charge < -0.3 is 24.2 Å². The van der Waals surface area contributed by atoms with Gasteiger partial charge in [0.25, 0.3) is 5.88 Å². The van der Waals surface area contributed by atoms with Gasteiger partial charge in [0.2, 0.25) is 5.78 Å². The van der Waals surface area contributed by atoms with Gasteiger partial charge in [0.1, 0.15) is 47.7 Å². The first kappa shape index (κ1) is 34.7. The number of aromatic nitrogens is 1. The molecule has 4 aliphatic rings. The first-order chi connectivity index (χ1) is 25.6. The number of hydrogen-bond acceptors (Lipinski definition) is 11. The summed E-state index contributed by atoms with van der Waals surface area (Å²) >= 11 is 0. The Morgan fingerprint density at radius 3 is 2.28 bits per heavy atom. The van der Waals surface area contributed by atoms with Crippen LogP contribution in [0.5, 0.6) is 11.6 Å². The van der Waals surface area contributed by atoms with Crippen LogP contribution in [0.1, 0.15) is 79.6 Å². The molecule has 3 aliphatic carbocycles. The van der Waals surface area contributed by atoms with Crippen molar-refractivity contribution in [2.75, 3.05) is 27.2 Å². The quantitative estimate of drug-likeness (QED) is 0.215. The monoisotopic (exact) mass is 718 g/mol. The number of aliphatic hydroxyl groups excluding tert-OH is 1. The van der Waals surface area contributed by atoms with Crippen LogP contribution in [-0.2, 0) is 26.2 Å². The molecule has 2 heterocycles. The van der Waals surface area contributed by atoms with Crippen molar-refractivity contribution >= 4 is 11.6 Å². The van der Waals surface area contributed by atoms with E-state index in [0.29, 0.717) is 0 Å². The summed E-state index contributed by atoms with van der Waals surface area (Å²) in [4.78, 5) is 33.1. The zero-order valence-corrected chi connectivity index (χ0v) is 29.5. The van der Waals surface area contributed by atoms with Gasteiger partial charge in [-0.1, -0.05) is 60.7 Å². The van der Waals surface area contributed by atoms with E-state index in [1.54, 1.807) is 19.0 Å². The summed E-state index contributed by atoms with van der Waals surface area (Å²) in [5.74, 6) is -4.95. The number of rotatable bonds is 9. The molecule has 0 unspecified atom stereocenters. The van der Waals surface area contributed by atoms with Gasteiger partial charge in [-0.25, -0.2) is 4.39 Å². The molecular weight excluding hydrogens is 679 g/mol. The summed E-state index contributed by atoms with van der Waals surface area (Å²) in [6, 6.07) is 19.8. The summed E-state index contributed by atoms with van der Waals surface area (Å²) < 4.78 is 34.8. The molecule has 4 aromatic rings. The molecule has 0 spiro atoms. The number of fused-ring (bicyclic) bond motifs is 4. The second kappa shape index (κ2) is 13.6. The minimum atomic E-state index is -2.56. The SMILES string of the molecule is CN(C)[C@@H]1c2onc(OCc3ccccc3)c2C(=O)[C@@]2(O)C(O)=C3C(=O)c4c(c(F)c(CN5CCCC5)c(C#N)c4OCc4ccccc4)C[C@H]3C[C@@H]12. The third-order valence-corrected chi connectivity index (χ3v) is 11.2. The average Bonchev–Trinajstić information content (AvgIpc) is 3.84. The van der Waals surface area contributed by atoms with Crippen LogP contribution in [0.4, 0.5) is 4.39 Å². The van der Waals surface area contributed by atoms with Crippen LogP contribution in [-0.4, -0.2) is 69.5 Å². The van der Waals surface area contributed by atoms with E-state index in [4.69, 9.17) is 14.0 Å². The Morgan fingerprint density at radius 1 is 1.02 bits per heavy atom. The standard InChI is InChI=1S/C41H39FN4O7/c1-45(2)34-29-18-25-17-26-31(36(51-21-23-11-5-3-6-12-23)27(19-43)28(33(26)42)20-46-15-9-10-16-46)35(47)30(25)38(48)41(29,50)39(49)32-37(34)53-44-40(32)52-22-24-13-7-4-8-14-24/h3-8,11-14,25,29,34,48,50H,9-10,15-18,20-22H2,1-2H3/t25-,29-,34-,41-/m0/s1. The predicted molar refractivity (Wildman–Crippen MR) is 189 cm³/mol. The van der Waals surface area contributed by atoms with E-state index >= 15 is 4.39 Å². The topological polar surface area (TPSA) is 149 Å². The zero-order valence-electron chi connectivity index (χ0n) is 29.5. The largest absolute Gasteiger partial charge is 0.508 e. The maximum Gasteiger partial charge on any atom is 0.265 e. The second-order valence-corrected chi connectivity index (χ2v) is 14.6. The van der Waals surface area contributed by atoms with Crippen molar-refractivity contribution in [3.8, 4) is 17.7 Å². The van der Waals surface area contributed by atoms with Crippen molar-refractivity contribution in [3.63, 3.8) is 0 Å². The van der Waals surface area contributed by atoms with Gasteiger partial charge in [0.05, 0.1) is 11.6 Å². The lowest BCUT2D eigenvalue weighted by Gasteiger charge is -2.49. The van der Waals surface area contributed by atoms with Gasteiger partial charge >= 0.3 is 0 Å². The third-order valence-electron chi connectivity index (χ3n) is 11.2. The first-order valence-corrected chi connectivity index (χ1v) is 17.9. The Balaban J connectivity index is 1.24. The van der Waals surface area contributed by atoms with Gasteiger partial charge in [0, 0.05) is 29.2 Å². The molecule has 1 saturated heterocycles. The number of Topliss-reactive ketones (excluding diaryl/α,β-unsaturated/α-hetero) is 2. The highest BCUT2D eigenvalue weighted by atomic mass is 19.1. The van der Waals surface area contributed by atoms with Gasteiger partial charge in [0.15, 0.2) is 17.1 Å². The lowest BCUT2D eigenvalue weighted by molar-refractivity contribution is -0.0560. The molecule has 2 N–H and O–H groups in total. The molecule has 3 aromatic carbocycles. The minimum absolute atomic E-state index is 0.00444. The summed E-state index contributed by atoms with van der Waals surface area (Å²) in [6.45, 7) is 1.75. The zero-order chi connectivity index (χ0) is 37.0. The minimum Gasteiger partial charge on any atom is -0.508 e. The fourth-order valence-electron chi connectivity index (χ4n) is 8.69. The Hall–Kier alpha value is -5.35. The molecule has 0 saturated carbocycles. The maximum atomic E-state index is 16.9. The van der Waals surface area contributed by atoms with Gasteiger partial charge in [-0.05, 0) is 75.1 Å². The van der Waals surface area contributed by atoms with Crippen LogP contribution in [0.2, 0.25) is 0 Å². The number of ketones is 2. The number of carbonyl (C=O) groups is 2. The number of allylic oxidation sites excluding steroid dienone is 1. The van der Waals surface area contributed by atoms with Crippen molar-refractivity contribution in [3.05, 3.63) is 123 Å². The molecule has 1 aliphatic heterocycles. The number of hydrogen-bond donors (Lipinski definition) is 2. The van der Waals surface area contributed by atoms with Crippen LogP contribution in [0.3, 0.4) is 0 Å². The Bertz CT molecular complexity index is 2170. The molecule has 11 nitrogen and oxygen atoms in total. The van der Waals surface area contributed by atoms with Gasteiger partial charge in [-0.3, -0.25) is 19.4 Å². The van der Waals surface area contributed by atoms with E-state index in [9.17, 15) is 25.1 Å². The van der Waals surface area contributed by atoms with Crippen LogP contribution in [0.15, 0.2) is 76.5 Å². The Labute approximate surface area is 305 Å². The summed E-state index contributed by atoms with van der Waals surface area (Å²) in [5.41, 5.74) is -1.30. The van der Waals surface area contributed by atoms with Gasteiger partial charge in [-0.2, -0.15) is 5.26 Å². The van der Waals surface area contributed by atoms with E-state index < -0.39 is 46.6 Å². The highest BCUT2D eigenvalue weighted by Crippen LogP contribution is 2.57. The van der Waals surface area contributed by atoms with Crippen molar-refractivity contribution in [2.45, 2.75) is 57.1 Å². The number of halogens is 1. The van der Waals surface area contributed by atoms with Crippen LogP contribution >= 0.6 is 0 Å². The molecule has 0 radical (unpaired) electrons. The van der Waals surface area contributed by atoms with Crippen molar-refractivity contribution in [1.29, 1.82) is 5.26 Å². The summed E-state index contributed by atoms with van der Waals surface area (Å²) in [5, 5.41) is 39.1. The lowest BCUT2D eigenvalue weighted by atomic mass is 9.58. The summed E-state index contributed by atoms with van der Waals surface area (Å²) in [7, 11) is 3.50. The fraction of sp³-hybridized carbons (Fsp3) is 0.366. The molecule has 1 aromatic heterocycles. The average molecular weight is 719 g/mol. The molecule has 8 rings (SSSR count). The number of likely N-dealkylation sites (tertiary alicyclic amines) is 1. The molecule has 1 fully saturated rings. The molecule has 272 valence electrons. The number of benzene rings is 3. The third kappa shape index (κ3) is 5.62. The van der Waals surface area contributed by atoms with E-state index in [1.807, 2.05) is 60.7 Å². The molecule has 0 amide bonds. The van der Waals surface area contributed by atoms with E-state index in [0.717, 1.165) is 37.1 Å². The van der Waals surface area contributed by atoms with Crippen molar-refractivity contribution in [2.24, 2.45) is 11.8 Å². The number of carbonyl (C=O) groups excluding carboxylic acids is 2. The summed E-state index contributed by atoms with van der Waals surface area (Å²) in [6.07, 6.45) is 1.94. The smallest absolute Gasteiger partial charge is 0.265 e. The number of nitriles is 1. The predicted octanol–water partition coefficient (Wildman–Crippen LogP) is 5.86. The van der Waals surface area contributed by atoms with E-state index in [-0.39, 0.29) is 83.4 Å².